The molecule has 0 radical (unpaired) electrons. The lowest BCUT2D eigenvalue weighted by atomic mass is 9.82. The molecule has 0 saturated heterocycles. The van der Waals surface area contributed by atoms with Crippen molar-refractivity contribution in [2.75, 3.05) is 11.8 Å². The number of cyclic esters (lactones) is 1. The van der Waals surface area contributed by atoms with Crippen LogP contribution < -0.4 is 4.72 Å². The number of carbonyl (C=O) groups excluding carboxylic acids is 1. The van der Waals surface area contributed by atoms with Gasteiger partial charge >= 0.3 is 5.97 Å². The van der Waals surface area contributed by atoms with E-state index >= 15 is 0 Å². The van der Waals surface area contributed by atoms with Crippen molar-refractivity contribution in [3.63, 3.8) is 0 Å². The molecule has 1 aliphatic rings. The van der Waals surface area contributed by atoms with Gasteiger partial charge < -0.3 is 9.84 Å². The Morgan fingerprint density at radius 2 is 2.00 bits per heavy atom. The molecule has 1 aliphatic heterocycles. The number of nitrogens with one attached hydrogen (secondary N) is 1. The van der Waals surface area contributed by atoms with Gasteiger partial charge in [0.15, 0.2) is 0 Å². The van der Waals surface area contributed by atoms with Gasteiger partial charge in [0, 0.05) is 18.0 Å². The van der Waals surface area contributed by atoms with Crippen molar-refractivity contribution < 1.29 is 23.0 Å². The second-order valence-corrected chi connectivity index (χ2v) is 7.97. The summed E-state index contributed by atoms with van der Waals surface area (Å²) in [4.78, 5) is 12.8. The molecule has 2 N–H and O–H groups in total. The molecular weight excluding hydrogens is 366 g/mol. The molecule has 0 spiro atoms. The van der Waals surface area contributed by atoms with Crippen LogP contribution in [0, 0.1) is 0 Å². The maximum atomic E-state index is 12.8. The lowest BCUT2D eigenvalue weighted by Gasteiger charge is -2.38. The largest absolute Gasteiger partial charge is 0.512 e. The number of anilines is 1. The number of ether oxygens (including phenoxy) is 1. The third-order valence-electron chi connectivity index (χ3n) is 4.91. The normalized spacial score (nSPS) is 18.7. The SMILES string of the molecule is CCCC1(CCC)CC(O)=C(C(C)c2cccc(NS(=O)OC)c2)C(=O)O1. The van der Waals surface area contributed by atoms with Crippen LogP contribution in [-0.4, -0.2) is 28.0 Å². The summed E-state index contributed by atoms with van der Waals surface area (Å²) in [6, 6.07) is 7.20. The summed E-state index contributed by atoms with van der Waals surface area (Å²) in [5.41, 5.74) is 1.11. The third kappa shape index (κ3) is 5.11. The molecule has 0 bridgehead atoms. The zero-order valence-electron chi connectivity index (χ0n) is 16.4. The van der Waals surface area contributed by atoms with E-state index in [0.717, 1.165) is 31.2 Å². The molecule has 0 saturated carbocycles. The predicted octanol–water partition coefficient (Wildman–Crippen LogP) is 4.53. The Bertz CT molecular complexity index is 725. The molecule has 1 aromatic rings. The molecule has 0 amide bonds. The van der Waals surface area contributed by atoms with Crippen molar-refractivity contribution >= 4 is 22.9 Å². The summed E-state index contributed by atoms with van der Waals surface area (Å²) >= 11 is -1.64. The molecule has 2 unspecified atom stereocenters. The zero-order chi connectivity index (χ0) is 20.0. The van der Waals surface area contributed by atoms with E-state index in [-0.39, 0.29) is 11.7 Å². The minimum atomic E-state index is -1.64. The van der Waals surface area contributed by atoms with Crippen LogP contribution in [0.1, 0.15) is 64.4 Å². The highest BCUT2D eigenvalue weighted by Gasteiger charge is 2.42. The van der Waals surface area contributed by atoms with Gasteiger partial charge in [-0.2, -0.15) is 0 Å². The van der Waals surface area contributed by atoms with Crippen molar-refractivity contribution in [1.82, 2.24) is 0 Å². The average Bonchev–Trinajstić information content (AvgIpc) is 2.61. The summed E-state index contributed by atoms with van der Waals surface area (Å²) in [7, 11) is 1.34. The van der Waals surface area contributed by atoms with E-state index in [2.05, 4.69) is 4.72 Å². The average molecular weight is 396 g/mol. The van der Waals surface area contributed by atoms with E-state index in [1.807, 2.05) is 26.8 Å². The van der Waals surface area contributed by atoms with E-state index in [1.54, 1.807) is 18.2 Å². The van der Waals surface area contributed by atoms with E-state index in [1.165, 1.54) is 7.11 Å². The molecule has 0 aliphatic carbocycles. The van der Waals surface area contributed by atoms with Gasteiger partial charge in [-0.1, -0.05) is 45.7 Å². The minimum absolute atomic E-state index is 0.111. The van der Waals surface area contributed by atoms with Crippen LogP contribution in [0.4, 0.5) is 5.69 Å². The number of carbonyl (C=O) groups is 1. The van der Waals surface area contributed by atoms with Gasteiger partial charge in [-0.3, -0.25) is 8.91 Å². The Balaban J connectivity index is 2.30. The number of aliphatic hydroxyl groups excluding tert-OH is 1. The summed E-state index contributed by atoms with van der Waals surface area (Å²) < 4.78 is 24.8. The van der Waals surface area contributed by atoms with Crippen LogP contribution in [0.2, 0.25) is 0 Å². The molecule has 1 heterocycles. The Labute approximate surface area is 163 Å². The van der Waals surface area contributed by atoms with Crippen molar-refractivity contribution in [3.05, 3.63) is 41.2 Å². The van der Waals surface area contributed by atoms with Crippen LogP contribution in [-0.2, 0) is 25.0 Å². The van der Waals surface area contributed by atoms with Gasteiger partial charge in [0.1, 0.15) is 11.4 Å². The number of hydrogen-bond acceptors (Lipinski definition) is 5. The van der Waals surface area contributed by atoms with Crippen LogP contribution in [0.25, 0.3) is 0 Å². The topological polar surface area (TPSA) is 84.9 Å². The van der Waals surface area contributed by atoms with Gasteiger partial charge in [0.05, 0.1) is 12.7 Å². The van der Waals surface area contributed by atoms with Gasteiger partial charge in [0.25, 0.3) is 11.3 Å². The highest BCUT2D eigenvalue weighted by atomic mass is 32.2. The standard InChI is InChI=1S/C20H29NO5S/c1-5-10-20(11-6-2)13-17(22)18(19(23)26-20)14(3)15-8-7-9-16(12-15)21-27(24)25-4/h7-9,12,14,21-22H,5-6,10-11,13H2,1-4H3. The molecule has 0 aromatic heterocycles. The molecule has 2 atom stereocenters. The summed E-state index contributed by atoms with van der Waals surface area (Å²) in [6.45, 7) is 5.95. The maximum Gasteiger partial charge on any atom is 0.338 e. The van der Waals surface area contributed by atoms with Crippen molar-refractivity contribution in [2.24, 2.45) is 0 Å². The second-order valence-electron chi connectivity index (χ2n) is 6.96. The van der Waals surface area contributed by atoms with Crippen molar-refractivity contribution in [2.45, 2.75) is 64.4 Å². The quantitative estimate of drug-likeness (QED) is 0.600. The van der Waals surface area contributed by atoms with Gasteiger partial charge in [-0.05, 0) is 30.5 Å². The Morgan fingerprint density at radius 3 is 2.56 bits per heavy atom. The van der Waals surface area contributed by atoms with E-state index in [0.29, 0.717) is 17.7 Å². The monoisotopic (exact) mass is 395 g/mol. The maximum absolute atomic E-state index is 12.8. The lowest BCUT2D eigenvalue weighted by Crippen LogP contribution is -2.41. The Morgan fingerprint density at radius 1 is 1.33 bits per heavy atom. The van der Waals surface area contributed by atoms with Gasteiger partial charge in [-0.15, -0.1) is 0 Å². The molecule has 6 nitrogen and oxygen atoms in total. The fourth-order valence-corrected chi connectivity index (χ4v) is 4.13. The molecule has 2 rings (SSSR count). The molecular formula is C20H29NO5S. The van der Waals surface area contributed by atoms with E-state index in [9.17, 15) is 14.1 Å². The van der Waals surface area contributed by atoms with Gasteiger partial charge in [0.2, 0.25) is 0 Å². The first-order valence-corrected chi connectivity index (χ1v) is 10.4. The first kappa shape index (κ1) is 21.4. The molecule has 0 fully saturated rings. The first-order valence-electron chi connectivity index (χ1n) is 9.34. The molecule has 7 heteroatoms. The highest BCUT2D eigenvalue weighted by molar-refractivity contribution is 7.81. The first-order chi connectivity index (χ1) is 12.9. The van der Waals surface area contributed by atoms with E-state index < -0.39 is 22.8 Å². The molecule has 1 aromatic carbocycles. The molecule has 150 valence electrons. The highest BCUT2D eigenvalue weighted by Crippen LogP contribution is 2.40. The van der Waals surface area contributed by atoms with Crippen LogP contribution in [0.3, 0.4) is 0 Å². The van der Waals surface area contributed by atoms with Crippen LogP contribution in [0.5, 0.6) is 0 Å². The minimum Gasteiger partial charge on any atom is -0.512 e. The smallest absolute Gasteiger partial charge is 0.338 e. The van der Waals surface area contributed by atoms with Crippen molar-refractivity contribution in [1.29, 1.82) is 0 Å². The number of esters is 1. The van der Waals surface area contributed by atoms with E-state index in [4.69, 9.17) is 8.92 Å². The summed E-state index contributed by atoms with van der Waals surface area (Å²) in [6.07, 6.45) is 3.60. The molecule has 27 heavy (non-hydrogen) atoms. The number of benzene rings is 1. The van der Waals surface area contributed by atoms with Gasteiger partial charge in [-0.25, -0.2) is 9.00 Å². The summed E-state index contributed by atoms with van der Waals surface area (Å²) in [5, 5.41) is 10.7. The lowest BCUT2D eigenvalue weighted by molar-refractivity contribution is -0.161. The van der Waals surface area contributed by atoms with Crippen LogP contribution in [0.15, 0.2) is 35.6 Å². The number of hydrogen-bond donors (Lipinski definition) is 2. The van der Waals surface area contributed by atoms with Crippen LogP contribution >= 0.6 is 0 Å². The summed E-state index contributed by atoms with van der Waals surface area (Å²) in [5.74, 6) is -0.692. The third-order valence-corrected chi connectivity index (χ3v) is 5.62. The fraction of sp³-hybridized carbons (Fsp3) is 0.550. The fourth-order valence-electron chi connectivity index (χ4n) is 3.72. The Hall–Kier alpha value is -1.86. The van der Waals surface area contributed by atoms with Crippen molar-refractivity contribution in [3.8, 4) is 0 Å². The number of rotatable bonds is 9. The second kappa shape index (κ2) is 9.37. The Kier molecular flexibility index (Phi) is 7.44. The predicted molar refractivity (Wildman–Crippen MR) is 107 cm³/mol. The zero-order valence-corrected chi connectivity index (χ0v) is 17.2. The number of aliphatic hydroxyl groups is 1.